The highest BCUT2D eigenvalue weighted by Gasteiger charge is 2.13. The van der Waals surface area contributed by atoms with Gasteiger partial charge in [0.15, 0.2) is 0 Å². The maximum Gasteiger partial charge on any atom is 0.0192 e. The molecule has 3 heterocycles. The van der Waals surface area contributed by atoms with Crippen molar-refractivity contribution in [2.75, 3.05) is 39.3 Å². The highest BCUT2D eigenvalue weighted by molar-refractivity contribution is 5.08. The Labute approximate surface area is 232 Å². The number of rotatable bonds is 0. The second kappa shape index (κ2) is 21.2. The zero-order valence-electron chi connectivity index (χ0n) is 25.0. The Bertz CT molecular complexity index is 606. The fourth-order valence-corrected chi connectivity index (χ4v) is 6.89. The van der Waals surface area contributed by atoms with Gasteiger partial charge in [0.1, 0.15) is 0 Å². The fourth-order valence-electron chi connectivity index (χ4n) is 6.89. The van der Waals surface area contributed by atoms with Crippen LogP contribution in [-0.4, -0.2) is 49.1 Å². The molecule has 0 radical (unpaired) electrons. The van der Waals surface area contributed by atoms with Gasteiger partial charge < -0.3 is 0 Å². The van der Waals surface area contributed by atoms with Crippen LogP contribution < -0.4 is 0 Å². The Morgan fingerprint density at radius 2 is 0.622 bits per heavy atom. The largest absolute Gasteiger partial charge is 0.299 e. The molecule has 0 aliphatic carbocycles. The van der Waals surface area contributed by atoms with Crippen molar-refractivity contribution in [2.24, 2.45) is 0 Å². The molecule has 0 aromatic heterocycles. The second-order valence-electron chi connectivity index (χ2n) is 12.8. The quantitative estimate of drug-likeness (QED) is 0.298. The summed E-state index contributed by atoms with van der Waals surface area (Å²) in [5.41, 5.74) is 3.50. The molecule has 0 N–H and O–H groups in total. The minimum atomic E-state index is 1.27. The fraction of sp³-hybridized carbons (Fsp3) is 0.886. The summed E-state index contributed by atoms with van der Waals surface area (Å²) in [4.78, 5) is 5.49. The summed E-state index contributed by atoms with van der Waals surface area (Å²) in [6.07, 6.45) is 41.0. The van der Waals surface area contributed by atoms with Crippen LogP contribution in [-0.2, 0) is 0 Å². The van der Waals surface area contributed by atoms with Gasteiger partial charge >= 0.3 is 0 Å². The molecule has 1 saturated heterocycles. The number of hydrogen-bond acceptors (Lipinski definition) is 2. The normalized spacial score (nSPS) is 28.8. The Morgan fingerprint density at radius 3 is 0.973 bits per heavy atom. The summed E-state index contributed by atoms with van der Waals surface area (Å²) in [6.45, 7) is 7.83. The highest BCUT2D eigenvalue weighted by atomic mass is 15.1. The van der Waals surface area contributed by atoms with Gasteiger partial charge in [-0.2, -0.15) is 0 Å². The lowest BCUT2D eigenvalue weighted by Gasteiger charge is -2.27. The van der Waals surface area contributed by atoms with E-state index in [2.05, 4.69) is 22.0 Å². The average molecular weight is 513 g/mol. The van der Waals surface area contributed by atoms with Gasteiger partial charge in [-0.25, -0.2) is 0 Å². The Balaban J connectivity index is 1.29. The van der Waals surface area contributed by atoms with Crippen molar-refractivity contribution >= 4 is 0 Å². The van der Waals surface area contributed by atoms with Crippen LogP contribution in [0.2, 0.25) is 0 Å². The van der Waals surface area contributed by atoms with E-state index in [0.717, 1.165) is 0 Å². The molecule has 3 aliphatic heterocycles. The van der Waals surface area contributed by atoms with Gasteiger partial charge in [-0.15, -0.1) is 0 Å². The van der Waals surface area contributed by atoms with Crippen LogP contribution in [0.5, 0.6) is 0 Å². The van der Waals surface area contributed by atoms with E-state index >= 15 is 0 Å². The molecule has 2 heteroatoms. The van der Waals surface area contributed by atoms with Gasteiger partial charge in [-0.1, -0.05) is 132 Å². The maximum atomic E-state index is 2.75. The summed E-state index contributed by atoms with van der Waals surface area (Å²) in [5.74, 6) is 0. The zero-order chi connectivity index (χ0) is 25.6. The third-order valence-electron chi connectivity index (χ3n) is 9.30. The summed E-state index contributed by atoms with van der Waals surface area (Å²) < 4.78 is 0. The standard InChI is InChI=1S/C35H64N2/c1-2-6-10-14-18-24-34-26-22-31-37(32-34)29-21-17-13-9-5-3-7-11-15-19-25-35-27-23-30-36(33-35)28-20-16-12-8-4-1/h26-27H,1-25,28-33H2. The lowest BCUT2D eigenvalue weighted by atomic mass is 10.0. The summed E-state index contributed by atoms with van der Waals surface area (Å²) in [7, 11) is 0. The van der Waals surface area contributed by atoms with Crippen LogP contribution >= 0.6 is 0 Å². The van der Waals surface area contributed by atoms with Crippen LogP contribution in [0.3, 0.4) is 0 Å². The smallest absolute Gasteiger partial charge is 0.0192 e. The van der Waals surface area contributed by atoms with Gasteiger partial charge in [0.25, 0.3) is 0 Å². The molecule has 3 aliphatic rings. The van der Waals surface area contributed by atoms with E-state index in [0.29, 0.717) is 0 Å². The second-order valence-corrected chi connectivity index (χ2v) is 12.8. The third-order valence-corrected chi connectivity index (χ3v) is 9.30. The summed E-state index contributed by atoms with van der Waals surface area (Å²) in [6, 6.07) is 0. The predicted molar refractivity (Wildman–Crippen MR) is 164 cm³/mol. The maximum absolute atomic E-state index is 2.75. The molecule has 2 atom stereocenters. The number of fused-ring (bicyclic) bond motifs is 4. The van der Waals surface area contributed by atoms with Gasteiger partial charge in [0.05, 0.1) is 0 Å². The Kier molecular flexibility index (Phi) is 17.8. The molecule has 214 valence electrons. The van der Waals surface area contributed by atoms with Gasteiger partial charge in [0, 0.05) is 26.2 Å². The van der Waals surface area contributed by atoms with E-state index in [9.17, 15) is 0 Å². The van der Waals surface area contributed by atoms with Crippen molar-refractivity contribution in [3.8, 4) is 0 Å². The molecule has 2 unspecified atom stereocenters. The predicted octanol–water partition coefficient (Wildman–Crippen LogP) is 10.2. The monoisotopic (exact) mass is 513 g/mol. The minimum Gasteiger partial charge on any atom is -0.299 e. The number of hydrogen-bond donors (Lipinski definition) is 0. The third kappa shape index (κ3) is 15.5. The van der Waals surface area contributed by atoms with Crippen molar-refractivity contribution < 1.29 is 0 Å². The summed E-state index contributed by atoms with van der Waals surface area (Å²) >= 11 is 0. The van der Waals surface area contributed by atoms with Crippen LogP contribution in [0.1, 0.15) is 161 Å². The van der Waals surface area contributed by atoms with Gasteiger partial charge in [-0.3, -0.25) is 9.80 Å². The Morgan fingerprint density at radius 1 is 0.324 bits per heavy atom. The minimum absolute atomic E-state index is 1.27. The molecule has 3 rings (SSSR count). The lowest BCUT2D eigenvalue weighted by molar-refractivity contribution is 0.278. The first kappa shape index (κ1) is 30.9. The van der Waals surface area contributed by atoms with E-state index < -0.39 is 0 Å². The lowest BCUT2D eigenvalue weighted by Crippen LogP contribution is -2.30. The number of nitrogens with zero attached hydrogens (tertiary/aromatic N) is 2. The topological polar surface area (TPSA) is 6.48 Å². The molecular weight excluding hydrogens is 448 g/mol. The van der Waals surface area contributed by atoms with Gasteiger partial charge in [-0.05, 0) is 64.5 Å². The van der Waals surface area contributed by atoms with E-state index in [1.165, 1.54) is 200 Å². The first-order valence-electron chi connectivity index (χ1n) is 17.2. The van der Waals surface area contributed by atoms with Crippen LogP contribution in [0, 0.1) is 0 Å². The van der Waals surface area contributed by atoms with Crippen LogP contribution in [0.4, 0.5) is 0 Å². The van der Waals surface area contributed by atoms with Crippen molar-refractivity contribution in [2.45, 2.75) is 161 Å². The average Bonchev–Trinajstić information content (AvgIpc) is 2.92. The molecule has 37 heavy (non-hydrogen) atoms. The van der Waals surface area contributed by atoms with Gasteiger partial charge in [0.2, 0.25) is 0 Å². The molecule has 0 aromatic carbocycles. The van der Waals surface area contributed by atoms with Crippen LogP contribution in [0.15, 0.2) is 23.3 Å². The van der Waals surface area contributed by atoms with E-state index in [1.807, 2.05) is 0 Å². The molecule has 0 amide bonds. The molecule has 0 saturated carbocycles. The Hall–Kier alpha value is -0.600. The molecule has 0 spiro atoms. The zero-order valence-corrected chi connectivity index (χ0v) is 25.0. The molecule has 1 fully saturated rings. The summed E-state index contributed by atoms with van der Waals surface area (Å²) in [5, 5.41) is 0. The van der Waals surface area contributed by atoms with E-state index in [-0.39, 0.29) is 0 Å². The van der Waals surface area contributed by atoms with Crippen LogP contribution in [0.25, 0.3) is 0 Å². The van der Waals surface area contributed by atoms with Crippen molar-refractivity contribution in [1.29, 1.82) is 0 Å². The SMILES string of the molecule is C1=C2CCCCCCCCCCCCN3CCC=C(CCCCCCCCCCCCCN(CC1)C2)C3. The highest BCUT2D eigenvalue weighted by Crippen LogP contribution is 2.20. The van der Waals surface area contributed by atoms with E-state index in [4.69, 9.17) is 0 Å². The van der Waals surface area contributed by atoms with Crippen molar-refractivity contribution in [3.05, 3.63) is 23.3 Å². The molecule has 4 bridgehead atoms. The van der Waals surface area contributed by atoms with Crippen molar-refractivity contribution in [1.82, 2.24) is 9.80 Å². The molecule has 0 aromatic rings. The first-order chi connectivity index (χ1) is 18.4. The first-order valence-corrected chi connectivity index (χ1v) is 17.2. The van der Waals surface area contributed by atoms with E-state index in [1.54, 1.807) is 11.1 Å². The molecule has 2 nitrogen and oxygen atoms in total. The molecular formula is C35H64N2. The van der Waals surface area contributed by atoms with Crippen molar-refractivity contribution in [3.63, 3.8) is 0 Å².